The SMILES string of the molecule is C#C[C@H](O)[C@@H]1OC(C)(C)O[C@@H]1/C=N/OCc1ccccc1. The Balaban J connectivity index is 1.91. The molecule has 0 unspecified atom stereocenters. The molecule has 5 heteroatoms. The van der Waals surface area contributed by atoms with Crippen molar-refractivity contribution in [3.63, 3.8) is 0 Å². The molecule has 1 saturated heterocycles. The van der Waals surface area contributed by atoms with Crippen LogP contribution in [0.15, 0.2) is 35.5 Å². The van der Waals surface area contributed by atoms with Crippen LogP contribution in [0.5, 0.6) is 0 Å². The Labute approximate surface area is 124 Å². The molecule has 0 aliphatic carbocycles. The van der Waals surface area contributed by atoms with E-state index in [4.69, 9.17) is 20.7 Å². The zero-order valence-corrected chi connectivity index (χ0v) is 12.1. The lowest BCUT2D eigenvalue weighted by atomic mass is 10.1. The fourth-order valence-electron chi connectivity index (χ4n) is 2.06. The zero-order chi connectivity index (χ0) is 15.3. The van der Waals surface area contributed by atoms with E-state index < -0.39 is 24.1 Å². The third kappa shape index (κ3) is 4.30. The Morgan fingerprint density at radius 1 is 1.43 bits per heavy atom. The number of terminal acetylenes is 1. The van der Waals surface area contributed by atoms with Crippen molar-refractivity contribution in [2.24, 2.45) is 5.16 Å². The van der Waals surface area contributed by atoms with Crippen LogP contribution >= 0.6 is 0 Å². The molecule has 1 aliphatic rings. The molecule has 1 aromatic carbocycles. The molecule has 1 fully saturated rings. The van der Waals surface area contributed by atoms with E-state index in [1.807, 2.05) is 30.3 Å². The number of rotatable bonds is 5. The van der Waals surface area contributed by atoms with Crippen LogP contribution < -0.4 is 0 Å². The third-order valence-corrected chi connectivity index (χ3v) is 3.00. The number of oxime groups is 1. The Bertz CT molecular complexity index is 521. The third-order valence-electron chi connectivity index (χ3n) is 3.00. The first-order valence-electron chi connectivity index (χ1n) is 6.71. The molecule has 21 heavy (non-hydrogen) atoms. The number of ether oxygens (including phenoxy) is 2. The van der Waals surface area contributed by atoms with Crippen LogP contribution in [0.2, 0.25) is 0 Å². The fourth-order valence-corrected chi connectivity index (χ4v) is 2.06. The summed E-state index contributed by atoms with van der Waals surface area (Å²) in [5.41, 5.74) is 1.01. The van der Waals surface area contributed by atoms with E-state index in [-0.39, 0.29) is 0 Å². The second-order valence-electron chi connectivity index (χ2n) is 5.19. The van der Waals surface area contributed by atoms with Crippen LogP contribution in [0.1, 0.15) is 19.4 Å². The first-order valence-corrected chi connectivity index (χ1v) is 6.71. The number of aliphatic hydroxyl groups is 1. The average Bonchev–Trinajstić information content (AvgIpc) is 2.79. The molecule has 3 atom stereocenters. The molecule has 0 bridgehead atoms. The van der Waals surface area contributed by atoms with Crippen molar-refractivity contribution in [2.75, 3.05) is 0 Å². The van der Waals surface area contributed by atoms with Crippen LogP contribution in [0.4, 0.5) is 0 Å². The molecule has 5 nitrogen and oxygen atoms in total. The highest BCUT2D eigenvalue weighted by atomic mass is 16.8. The number of nitrogens with zero attached hydrogens (tertiary/aromatic N) is 1. The topological polar surface area (TPSA) is 60.3 Å². The maximum Gasteiger partial charge on any atom is 0.164 e. The monoisotopic (exact) mass is 289 g/mol. The molecule has 0 aromatic heterocycles. The minimum absolute atomic E-state index is 0.358. The fraction of sp³-hybridized carbons (Fsp3) is 0.438. The average molecular weight is 289 g/mol. The van der Waals surface area contributed by atoms with Gasteiger partial charge in [-0.25, -0.2) is 0 Å². The number of hydrogen-bond donors (Lipinski definition) is 1. The standard InChI is InChI=1S/C16H19NO4/c1-4-13(18)15-14(20-16(2,3)21-15)10-17-19-11-12-8-6-5-7-9-12/h1,5-10,13-15,18H,11H2,2-3H3/b17-10+/t13-,14+,15-/m0/s1. The highest BCUT2D eigenvalue weighted by Gasteiger charge is 2.43. The molecular weight excluding hydrogens is 270 g/mol. The molecule has 112 valence electrons. The molecule has 1 N–H and O–H groups in total. The van der Waals surface area contributed by atoms with Gasteiger partial charge in [0.1, 0.15) is 24.9 Å². The van der Waals surface area contributed by atoms with Gasteiger partial charge in [-0.1, -0.05) is 41.4 Å². The van der Waals surface area contributed by atoms with Crippen molar-refractivity contribution in [1.29, 1.82) is 0 Å². The van der Waals surface area contributed by atoms with Gasteiger partial charge < -0.3 is 19.4 Å². The van der Waals surface area contributed by atoms with Gasteiger partial charge in [-0.3, -0.25) is 0 Å². The van der Waals surface area contributed by atoms with E-state index in [0.717, 1.165) is 5.56 Å². The quantitative estimate of drug-likeness (QED) is 0.509. The first-order chi connectivity index (χ1) is 10.0. The van der Waals surface area contributed by atoms with E-state index in [1.54, 1.807) is 13.8 Å². The second kappa shape index (κ2) is 6.72. The van der Waals surface area contributed by atoms with Crippen LogP contribution in [0.3, 0.4) is 0 Å². The Kier molecular flexibility index (Phi) is 4.97. The maximum atomic E-state index is 9.75. The summed E-state index contributed by atoms with van der Waals surface area (Å²) in [4.78, 5) is 5.21. The normalized spacial score (nSPS) is 25.6. The molecule has 1 aromatic rings. The predicted molar refractivity (Wildman–Crippen MR) is 78.4 cm³/mol. The molecule has 0 amide bonds. The lowest BCUT2D eigenvalue weighted by molar-refractivity contribution is -0.148. The molecule has 0 radical (unpaired) electrons. The number of hydrogen-bond acceptors (Lipinski definition) is 5. The summed E-state index contributed by atoms with van der Waals surface area (Å²) in [5, 5.41) is 13.6. The van der Waals surface area contributed by atoms with Crippen LogP contribution in [0, 0.1) is 12.3 Å². The summed E-state index contributed by atoms with van der Waals surface area (Å²) < 4.78 is 11.2. The second-order valence-corrected chi connectivity index (χ2v) is 5.19. The van der Waals surface area contributed by atoms with Crippen LogP contribution in [-0.4, -0.2) is 35.4 Å². The van der Waals surface area contributed by atoms with Gasteiger partial charge in [0.25, 0.3) is 0 Å². The van der Waals surface area contributed by atoms with Gasteiger partial charge in [-0.2, -0.15) is 0 Å². The number of benzene rings is 1. The summed E-state index contributed by atoms with van der Waals surface area (Å²) >= 11 is 0. The minimum Gasteiger partial charge on any atom is -0.391 e. The highest BCUT2D eigenvalue weighted by molar-refractivity contribution is 5.64. The largest absolute Gasteiger partial charge is 0.391 e. The minimum atomic E-state index is -1.06. The lowest BCUT2D eigenvalue weighted by Gasteiger charge is -2.17. The predicted octanol–water partition coefficient (Wildman–Crippen LogP) is 1.70. The molecule has 1 heterocycles. The van der Waals surface area contributed by atoms with Gasteiger partial charge in [0, 0.05) is 0 Å². The first kappa shape index (κ1) is 15.5. The summed E-state index contributed by atoms with van der Waals surface area (Å²) in [5.74, 6) is 1.42. The van der Waals surface area contributed by atoms with Gasteiger partial charge in [0.05, 0.1) is 6.21 Å². The summed E-state index contributed by atoms with van der Waals surface area (Å²) in [6.07, 6.45) is 4.41. The summed E-state index contributed by atoms with van der Waals surface area (Å²) in [6, 6.07) is 9.68. The van der Waals surface area contributed by atoms with Crippen molar-refractivity contribution in [1.82, 2.24) is 0 Å². The van der Waals surface area contributed by atoms with Crippen LogP contribution in [-0.2, 0) is 20.9 Å². The molecule has 0 saturated carbocycles. The van der Waals surface area contributed by atoms with E-state index >= 15 is 0 Å². The zero-order valence-electron chi connectivity index (χ0n) is 12.1. The van der Waals surface area contributed by atoms with Gasteiger partial charge in [-0.15, -0.1) is 6.42 Å². The maximum absolute atomic E-state index is 9.75. The molecule has 2 rings (SSSR count). The van der Waals surface area contributed by atoms with Crippen molar-refractivity contribution in [3.05, 3.63) is 35.9 Å². The van der Waals surface area contributed by atoms with Crippen LogP contribution in [0.25, 0.3) is 0 Å². The summed E-state index contributed by atoms with van der Waals surface area (Å²) in [6.45, 7) is 3.86. The van der Waals surface area contributed by atoms with Crippen molar-refractivity contribution < 1.29 is 19.4 Å². The molecular formula is C16H19NO4. The Morgan fingerprint density at radius 2 is 2.14 bits per heavy atom. The van der Waals surface area contributed by atoms with Gasteiger partial charge >= 0.3 is 0 Å². The Hall–Kier alpha value is -1.87. The van der Waals surface area contributed by atoms with Gasteiger partial charge in [0.15, 0.2) is 5.79 Å². The van der Waals surface area contributed by atoms with E-state index in [2.05, 4.69) is 11.1 Å². The van der Waals surface area contributed by atoms with Gasteiger partial charge in [-0.05, 0) is 19.4 Å². The van der Waals surface area contributed by atoms with E-state index in [9.17, 15) is 5.11 Å². The summed E-state index contributed by atoms with van der Waals surface area (Å²) in [7, 11) is 0. The van der Waals surface area contributed by atoms with Crippen molar-refractivity contribution in [2.45, 2.75) is 44.6 Å². The number of aliphatic hydroxyl groups excluding tert-OH is 1. The Morgan fingerprint density at radius 3 is 2.81 bits per heavy atom. The molecule has 0 spiro atoms. The van der Waals surface area contributed by atoms with Gasteiger partial charge in [0.2, 0.25) is 0 Å². The molecule has 1 aliphatic heterocycles. The smallest absolute Gasteiger partial charge is 0.164 e. The van der Waals surface area contributed by atoms with E-state index in [1.165, 1.54) is 6.21 Å². The highest BCUT2D eigenvalue weighted by Crippen LogP contribution is 2.29. The van der Waals surface area contributed by atoms with Crippen molar-refractivity contribution >= 4 is 6.21 Å². The lowest BCUT2D eigenvalue weighted by Crippen LogP contribution is -2.35. The van der Waals surface area contributed by atoms with E-state index in [0.29, 0.717) is 6.61 Å². The van der Waals surface area contributed by atoms with Crippen molar-refractivity contribution in [3.8, 4) is 12.3 Å².